The van der Waals surface area contributed by atoms with Crippen LogP contribution >= 0.6 is 24.0 Å². The van der Waals surface area contributed by atoms with E-state index in [2.05, 4.69) is 39.7 Å². The summed E-state index contributed by atoms with van der Waals surface area (Å²) in [5, 5.41) is 7.67. The molecule has 0 radical (unpaired) electrons. The molecule has 3 heterocycles. The molecule has 1 aromatic heterocycles. The lowest BCUT2D eigenvalue weighted by atomic mass is 9.89. The van der Waals surface area contributed by atoms with Gasteiger partial charge in [-0.1, -0.05) is 30.3 Å². The van der Waals surface area contributed by atoms with Crippen LogP contribution in [0.25, 0.3) is 0 Å². The van der Waals surface area contributed by atoms with Gasteiger partial charge in [-0.15, -0.1) is 24.0 Å². The van der Waals surface area contributed by atoms with Crippen molar-refractivity contribution in [1.29, 1.82) is 0 Å². The third-order valence-electron chi connectivity index (χ3n) is 5.83. The van der Waals surface area contributed by atoms with Crippen molar-refractivity contribution >= 4 is 41.5 Å². The second-order valence-corrected chi connectivity index (χ2v) is 7.87. The number of aromatic nitrogens is 2. The highest BCUT2D eigenvalue weighted by atomic mass is 127. The van der Waals surface area contributed by atoms with Crippen LogP contribution in [-0.4, -0.2) is 66.4 Å². The first-order valence-electron chi connectivity index (χ1n) is 10.6. The second kappa shape index (κ2) is 10.9. The number of anilines is 1. The molecule has 2 fully saturated rings. The SMILES string of the molecule is CN=C(NCC1CCCOC1c1ccccc1)N1CCN(c2cnn(C)c2)C(=O)C1.I. The fraction of sp³-hybridized carbons (Fsp3) is 0.500. The molecule has 0 spiro atoms. The Balaban J connectivity index is 0.00000272. The first-order chi connectivity index (χ1) is 14.7. The molecule has 8 nitrogen and oxygen atoms in total. The molecule has 4 rings (SSSR count). The summed E-state index contributed by atoms with van der Waals surface area (Å²) in [5.41, 5.74) is 2.06. The Kier molecular flexibility index (Phi) is 8.30. The lowest BCUT2D eigenvalue weighted by molar-refractivity contribution is -0.120. The van der Waals surface area contributed by atoms with Crippen molar-refractivity contribution in [3.63, 3.8) is 0 Å². The van der Waals surface area contributed by atoms with E-state index in [9.17, 15) is 4.79 Å². The number of rotatable bonds is 4. The highest BCUT2D eigenvalue weighted by molar-refractivity contribution is 14.0. The second-order valence-electron chi connectivity index (χ2n) is 7.87. The molecule has 2 aliphatic rings. The zero-order valence-corrected chi connectivity index (χ0v) is 20.4. The molecule has 0 saturated carbocycles. The molecule has 9 heteroatoms. The summed E-state index contributed by atoms with van der Waals surface area (Å²) in [7, 11) is 3.63. The van der Waals surface area contributed by atoms with Crippen LogP contribution in [0.3, 0.4) is 0 Å². The minimum absolute atomic E-state index is 0. The number of benzene rings is 1. The normalized spacial score (nSPS) is 22.3. The van der Waals surface area contributed by atoms with E-state index in [0.717, 1.165) is 44.2 Å². The first kappa shape index (κ1) is 23.5. The lowest BCUT2D eigenvalue weighted by Gasteiger charge is -2.37. The summed E-state index contributed by atoms with van der Waals surface area (Å²) in [4.78, 5) is 21.0. The fourth-order valence-corrected chi connectivity index (χ4v) is 4.29. The molecule has 0 bridgehead atoms. The van der Waals surface area contributed by atoms with Crippen LogP contribution in [0.2, 0.25) is 0 Å². The van der Waals surface area contributed by atoms with Gasteiger partial charge in [0.05, 0.1) is 18.0 Å². The monoisotopic (exact) mass is 538 g/mol. The van der Waals surface area contributed by atoms with Crippen molar-refractivity contribution < 1.29 is 9.53 Å². The van der Waals surface area contributed by atoms with Gasteiger partial charge in [0.1, 0.15) is 6.54 Å². The summed E-state index contributed by atoms with van der Waals surface area (Å²) in [6.07, 6.45) is 5.86. The maximum absolute atomic E-state index is 12.7. The quantitative estimate of drug-likeness (QED) is 0.368. The Morgan fingerprint density at radius 3 is 2.77 bits per heavy atom. The Morgan fingerprint density at radius 2 is 2.10 bits per heavy atom. The van der Waals surface area contributed by atoms with Crippen LogP contribution in [0.1, 0.15) is 24.5 Å². The molecule has 168 valence electrons. The molecule has 1 N–H and O–H groups in total. The Morgan fingerprint density at radius 1 is 1.29 bits per heavy atom. The molecule has 1 aromatic carbocycles. The summed E-state index contributed by atoms with van der Waals surface area (Å²) < 4.78 is 7.82. The molecule has 31 heavy (non-hydrogen) atoms. The fourth-order valence-electron chi connectivity index (χ4n) is 4.29. The van der Waals surface area contributed by atoms with Gasteiger partial charge < -0.3 is 19.9 Å². The van der Waals surface area contributed by atoms with Crippen molar-refractivity contribution in [2.75, 3.05) is 44.7 Å². The van der Waals surface area contributed by atoms with E-state index in [1.165, 1.54) is 5.56 Å². The number of halogens is 1. The van der Waals surface area contributed by atoms with Crippen LogP contribution in [0.5, 0.6) is 0 Å². The Hall–Kier alpha value is -2.14. The molecule has 2 saturated heterocycles. The molecule has 2 aromatic rings. The van der Waals surface area contributed by atoms with Crippen LogP contribution in [0, 0.1) is 5.92 Å². The lowest BCUT2D eigenvalue weighted by Crippen LogP contribution is -2.56. The highest BCUT2D eigenvalue weighted by Crippen LogP contribution is 2.33. The summed E-state index contributed by atoms with van der Waals surface area (Å²) in [5.74, 6) is 1.19. The van der Waals surface area contributed by atoms with E-state index in [1.54, 1.807) is 22.8 Å². The van der Waals surface area contributed by atoms with Gasteiger partial charge in [0.2, 0.25) is 5.91 Å². The van der Waals surface area contributed by atoms with Gasteiger partial charge in [-0.05, 0) is 18.4 Å². The molecular formula is C22H31IN6O2. The van der Waals surface area contributed by atoms with E-state index < -0.39 is 0 Å². The number of nitrogens with one attached hydrogen (secondary N) is 1. The van der Waals surface area contributed by atoms with Crippen LogP contribution in [0.15, 0.2) is 47.7 Å². The van der Waals surface area contributed by atoms with E-state index in [4.69, 9.17) is 4.74 Å². The number of carbonyl (C=O) groups excluding carboxylic acids is 1. The topological polar surface area (TPSA) is 75.0 Å². The average molecular weight is 538 g/mol. The number of aryl methyl sites for hydroxylation is 1. The van der Waals surface area contributed by atoms with Crippen molar-refractivity contribution in [3.05, 3.63) is 48.3 Å². The first-order valence-corrected chi connectivity index (χ1v) is 10.6. The predicted octanol–water partition coefficient (Wildman–Crippen LogP) is 2.43. The summed E-state index contributed by atoms with van der Waals surface area (Å²) >= 11 is 0. The maximum Gasteiger partial charge on any atom is 0.246 e. The molecule has 1 amide bonds. The average Bonchev–Trinajstić information content (AvgIpc) is 3.21. The van der Waals surface area contributed by atoms with Crippen molar-refractivity contribution in [2.45, 2.75) is 18.9 Å². The van der Waals surface area contributed by atoms with Gasteiger partial charge in [-0.3, -0.25) is 14.5 Å². The third-order valence-corrected chi connectivity index (χ3v) is 5.83. The largest absolute Gasteiger partial charge is 0.373 e. The molecular weight excluding hydrogens is 507 g/mol. The number of nitrogens with zero attached hydrogens (tertiary/aromatic N) is 5. The molecule has 0 aliphatic carbocycles. The van der Waals surface area contributed by atoms with Gasteiger partial charge in [0.25, 0.3) is 0 Å². The summed E-state index contributed by atoms with van der Waals surface area (Å²) in [6.45, 7) is 3.21. The standard InChI is InChI=1S/C22H30N6O2.HI/c1-23-22(27-10-11-28(20(29)16-27)19-14-25-26(2)15-19)24-13-18-9-6-12-30-21(18)17-7-4-3-5-8-17;/h3-5,7-8,14-15,18,21H,6,9-13,16H2,1-2H3,(H,23,24);1H. The minimum Gasteiger partial charge on any atom is -0.373 e. The third kappa shape index (κ3) is 5.57. The van der Waals surface area contributed by atoms with Gasteiger partial charge in [-0.2, -0.15) is 5.10 Å². The van der Waals surface area contributed by atoms with Gasteiger partial charge in [0.15, 0.2) is 5.96 Å². The van der Waals surface area contributed by atoms with E-state index in [0.29, 0.717) is 19.0 Å². The predicted molar refractivity (Wildman–Crippen MR) is 132 cm³/mol. The van der Waals surface area contributed by atoms with E-state index >= 15 is 0 Å². The zero-order valence-electron chi connectivity index (χ0n) is 18.1. The van der Waals surface area contributed by atoms with Crippen molar-refractivity contribution in [1.82, 2.24) is 20.0 Å². The maximum atomic E-state index is 12.7. The number of amides is 1. The zero-order chi connectivity index (χ0) is 20.9. The highest BCUT2D eigenvalue weighted by Gasteiger charge is 2.30. The van der Waals surface area contributed by atoms with Gasteiger partial charge >= 0.3 is 0 Å². The number of hydrogen-bond acceptors (Lipinski definition) is 4. The van der Waals surface area contributed by atoms with Gasteiger partial charge in [-0.25, -0.2) is 0 Å². The Bertz CT molecular complexity index is 887. The number of hydrogen-bond donors (Lipinski definition) is 1. The van der Waals surface area contributed by atoms with Crippen LogP contribution in [-0.2, 0) is 16.6 Å². The van der Waals surface area contributed by atoms with Gasteiger partial charge in [0, 0.05) is 52.5 Å². The number of carbonyl (C=O) groups is 1. The van der Waals surface area contributed by atoms with Crippen LogP contribution in [0.4, 0.5) is 5.69 Å². The smallest absolute Gasteiger partial charge is 0.246 e. The minimum atomic E-state index is 0. The molecule has 2 atom stereocenters. The van der Waals surface area contributed by atoms with Crippen molar-refractivity contribution in [3.8, 4) is 0 Å². The van der Waals surface area contributed by atoms with Crippen LogP contribution < -0.4 is 10.2 Å². The van der Waals surface area contributed by atoms with E-state index in [1.807, 2.05) is 24.2 Å². The molecule has 2 aliphatic heterocycles. The summed E-state index contributed by atoms with van der Waals surface area (Å²) in [6, 6.07) is 10.4. The molecule has 2 unspecified atom stereocenters. The van der Waals surface area contributed by atoms with Crippen molar-refractivity contribution in [2.24, 2.45) is 18.0 Å². The van der Waals surface area contributed by atoms with E-state index in [-0.39, 0.29) is 36.0 Å². The number of aliphatic imine (C=N–C) groups is 1. The number of guanidine groups is 1. The number of ether oxygens (including phenoxy) is 1. The Labute approximate surface area is 200 Å². The number of piperazine rings is 1.